The minimum atomic E-state index is -0.822. The van der Waals surface area contributed by atoms with E-state index in [2.05, 4.69) is 15.0 Å². The van der Waals surface area contributed by atoms with Crippen LogP contribution in [0.15, 0.2) is 24.4 Å². The summed E-state index contributed by atoms with van der Waals surface area (Å²) in [5.74, 6) is -0.863. The molecule has 0 saturated carbocycles. The first-order valence-electron chi connectivity index (χ1n) is 6.28. The van der Waals surface area contributed by atoms with Gasteiger partial charge in [0.05, 0.1) is 12.7 Å². The highest BCUT2D eigenvalue weighted by molar-refractivity contribution is 6.00. The second-order valence-electron chi connectivity index (χ2n) is 4.65. The van der Waals surface area contributed by atoms with Gasteiger partial charge >= 0.3 is 12.1 Å². The van der Waals surface area contributed by atoms with E-state index in [0.717, 1.165) is 16.5 Å². The predicted octanol–water partition coefficient (Wildman–Crippen LogP) is 1.13. The molecule has 7 heteroatoms. The highest BCUT2D eigenvalue weighted by Gasteiger charge is 2.32. The summed E-state index contributed by atoms with van der Waals surface area (Å²) in [6, 6.07) is 5.08. The smallest absolute Gasteiger partial charge is 0.414 e. The number of nitrogens with one attached hydrogen (secondary N) is 2. The Bertz CT molecular complexity index is 749. The van der Waals surface area contributed by atoms with E-state index < -0.39 is 24.1 Å². The number of fused-ring (bicyclic) bond motifs is 1. The van der Waals surface area contributed by atoms with Crippen molar-refractivity contribution in [1.29, 1.82) is 0 Å². The monoisotopic (exact) mass is 288 g/mol. The second kappa shape index (κ2) is 4.93. The summed E-state index contributed by atoms with van der Waals surface area (Å²) in [6.45, 7) is 0. The fourth-order valence-electron chi connectivity index (χ4n) is 2.33. The van der Waals surface area contributed by atoms with Crippen LogP contribution in [0.2, 0.25) is 0 Å². The maximum Gasteiger partial charge on any atom is 0.414 e. The van der Waals surface area contributed by atoms with Crippen LogP contribution in [0.1, 0.15) is 15.9 Å². The molecule has 2 heterocycles. The molecular formula is C14H12N2O5. The number of imide groups is 1. The van der Waals surface area contributed by atoms with Gasteiger partial charge in [-0.25, -0.2) is 9.59 Å². The van der Waals surface area contributed by atoms with Gasteiger partial charge in [0.15, 0.2) is 6.10 Å². The molecule has 1 saturated heterocycles. The molecule has 2 amide bonds. The molecule has 2 N–H and O–H groups in total. The van der Waals surface area contributed by atoms with E-state index in [-0.39, 0.29) is 6.42 Å². The highest BCUT2D eigenvalue weighted by Crippen LogP contribution is 2.22. The van der Waals surface area contributed by atoms with Gasteiger partial charge in [-0.3, -0.25) is 10.1 Å². The number of alkyl carbamates (subject to hydrolysis) is 1. The molecule has 0 spiro atoms. The average Bonchev–Trinajstić information content (AvgIpc) is 3.01. The summed E-state index contributed by atoms with van der Waals surface area (Å²) in [5, 5.41) is 2.95. The van der Waals surface area contributed by atoms with Crippen molar-refractivity contribution in [3.05, 3.63) is 35.5 Å². The lowest BCUT2D eigenvalue weighted by Crippen LogP contribution is -2.25. The Morgan fingerprint density at radius 3 is 2.86 bits per heavy atom. The Morgan fingerprint density at radius 2 is 2.19 bits per heavy atom. The molecule has 1 aromatic carbocycles. The normalized spacial score (nSPS) is 17.7. The number of rotatable bonds is 3. The molecule has 1 aliphatic rings. The molecule has 1 fully saturated rings. The number of hydrogen-bond donors (Lipinski definition) is 2. The number of amides is 2. The number of aromatic nitrogens is 1. The number of carbonyl (C=O) groups is 3. The molecule has 0 bridgehead atoms. The van der Waals surface area contributed by atoms with Crippen molar-refractivity contribution in [2.45, 2.75) is 12.5 Å². The molecule has 1 aliphatic heterocycles. The van der Waals surface area contributed by atoms with Crippen LogP contribution in [0.4, 0.5) is 4.79 Å². The number of ether oxygens (including phenoxy) is 2. The van der Waals surface area contributed by atoms with Gasteiger partial charge in [-0.05, 0) is 17.7 Å². The van der Waals surface area contributed by atoms with E-state index in [1.807, 2.05) is 0 Å². The summed E-state index contributed by atoms with van der Waals surface area (Å²) in [7, 11) is 1.32. The van der Waals surface area contributed by atoms with Gasteiger partial charge < -0.3 is 14.5 Å². The Balaban J connectivity index is 1.89. The van der Waals surface area contributed by atoms with Crippen LogP contribution >= 0.6 is 0 Å². The van der Waals surface area contributed by atoms with Gasteiger partial charge in [0.2, 0.25) is 0 Å². The maximum absolute atomic E-state index is 11.5. The lowest BCUT2D eigenvalue weighted by Gasteiger charge is -2.05. The lowest BCUT2D eigenvalue weighted by molar-refractivity contribution is -0.123. The molecule has 108 valence electrons. The second-order valence-corrected chi connectivity index (χ2v) is 4.65. The van der Waals surface area contributed by atoms with E-state index in [4.69, 9.17) is 4.74 Å². The lowest BCUT2D eigenvalue weighted by atomic mass is 10.1. The summed E-state index contributed by atoms with van der Waals surface area (Å²) in [6.07, 6.45) is 0.454. The standard InChI is InChI=1S/C14H12N2O5/c1-20-13(18)7-2-3-9-8(6-15-10(9)4-7)5-11-12(17)16-14(19)21-11/h2-4,6,11,15H,5H2,1H3,(H,16,17,19). The van der Waals surface area contributed by atoms with Crippen molar-refractivity contribution in [1.82, 2.24) is 10.3 Å². The fraction of sp³-hybridized carbons (Fsp3) is 0.214. The number of hydrogen-bond acceptors (Lipinski definition) is 5. The average molecular weight is 288 g/mol. The van der Waals surface area contributed by atoms with Crippen molar-refractivity contribution in [2.75, 3.05) is 7.11 Å². The third-order valence-electron chi connectivity index (χ3n) is 3.36. The Kier molecular flexibility index (Phi) is 3.09. The minimum Gasteiger partial charge on any atom is -0.465 e. The predicted molar refractivity (Wildman–Crippen MR) is 71.8 cm³/mol. The van der Waals surface area contributed by atoms with Crippen LogP contribution in [-0.4, -0.2) is 36.2 Å². The molecule has 0 radical (unpaired) electrons. The van der Waals surface area contributed by atoms with Gasteiger partial charge in [-0.15, -0.1) is 0 Å². The van der Waals surface area contributed by atoms with Gasteiger partial charge in [-0.2, -0.15) is 0 Å². The summed E-state index contributed by atoms with van der Waals surface area (Å²) >= 11 is 0. The van der Waals surface area contributed by atoms with Crippen LogP contribution in [0.25, 0.3) is 10.9 Å². The number of H-pyrrole nitrogens is 1. The highest BCUT2D eigenvalue weighted by atomic mass is 16.6. The van der Waals surface area contributed by atoms with Crippen molar-refractivity contribution < 1.29 is 23.9 Å². The number of benzene rings is 1. The van der Waals surface area contributed by atoms with E-state index in [0.29, 0.717) is 5.56 Å². The molecule has 2 aromatic rings. The Morgan fingerprint density at radius 1 is 1.38 bits per heavy atom. The van der Waals surface area contributed by atoms with Crippen molar-refractivity contribution in [3.63, 3.8) is 0 Å². The van der Waals surface area contributed by atoms with E-state index >= 15 is 0 Å². The minimum absolute atomic E-state index is 0.273. The number of aromatic amines is 1. The third-order valence-corrected chi connectivity index (χ3v) is 3.36. The van der Waals surface area contributed by atoms with Crippen LogP contribution in [-0.2, 0) is 20.7 Å². The maximum atomic E-state index is 11.5. The van der Waals surface area contributed by atoms with Crippen LogP contribution in [0, 0.1) is 0 Å². The topological polar surface area (TPSA) is 97.5 Å². The van der Waals surface area contributed by atoms with Crippen molar-refractivity contribution >= 4 is 28.9 Å². The summed E-state index contributed by atoms with van der Waals surface area (Å²) in [5.41, 5.74) is 2.01. The SMILES string of the molecule is COC(=O)c1ccc2c(CC3OC(=O)NC3=O)c[nH]c2c1. The summed E-state index contributed by atoms with van der Waals surface area (Å²) in [4.78, 5) is 37.0. The zero-order valence-corrected chi connectivity index (χ0v) is 11.1. The molecule has 7 nitrogen and oxygen atoms in total. The van der Waals surface area contributed by atoms with Gasteiger partial charge in [0, 0.05) is 23.5 Å². The summed E-state index contributed by atoms with van der Waals surface area (Å²) < 4.78 is 9.55. The number of carbonyl (C=O) groups excluding carboxylic acids is 3. The molecule has 3 rings (SSSR count). The van der Waals surface area contributed by atoms with Crippen molar-refractivity contribution in [3.8, 4) is 0 Å². The molecule has 1 atom stereocenters. The zero-order chi connectivity index (χ0) is 15.0. The molecule has 0 aliphatic carbocycles. The third kappa shape index (κ3) is 2.33. The number of cyclic esters (lactones) is 1. The fourth-order valence-corrected chi connectivity index (χ4v) is 2.33. The molecular weight excluding hydrogens is 276 g/mol. The molecule has 1 aromatic heterocycles. The van der Waals surface area contributed by atoms with Crippen LogP contribution < -0.4 is 5.32 Å². The first-order chi connectivity index (χ1) is 10.1. The van der Waals surface area contributed by atoms with Gasteiger partial charge in [0.25, 0.3) is 5.91 Å². The van der Waals surface area contributed by atoms with E-state index in [1.165, 1.54) is 7.11 Å². The van der Waals surface area contributed by atoms with Gasteiger partial charge in [-0.1, -0.05) is 6.07 Å². The van der Waals surface area contributed by atoms with Crippen molar-refractivity contribution in [2.24, 2.45) is 0 Å². The Hall–Kier alpha value is -2.83. The van der Waals surface area contributed by atoms with E-state index in [1.54, 1.807) is 24.4 Å². The number of methoxy groups -OCH3 is 1. The van der Waals surface area contributed by atoms with Crippen LogP contribution in [0.3, 0.4) is 0 Å². The largest absolute Gasteiger partial charge is 0.465 e. The first kappa shape index (κ1) is 13.2. The first-order valence-corrected chi connectivity index (χ1v) is 6.28. The Labute approximate surface area is 119 Å². The molecule has 1 unspecified atom stereocenters. The number of esters is 1. The van der Waals surface area contributed by atoms with E-state index in [9.17, 15) is 14.4 Å². The van der Waals surface area contributed by atoms with Crippen LogP contribution in [0.5, 0.6) is 0 Å². The molecule has 21 heavy (non-hydrogen) atoms. The van der Waals surface area contributed by atoms with Gasteiger partial charge in [0.1, 0.15) is 0 Å². The zero-order valence-electron chi connectivity index (χ0n) is 11.1. The quantitative estimate of drug-likeness (QED) is 0.825.